The molecule has 24 heavy (non-hydrogen) atoms. The van der Waals surface area contributed by atoms with Crippen molar-refractivity contribution in [3.8, 4) is 5.75 Å². The Hall–Kier alpha value is -1.59. The number of likely N-dealkylation sites (N-methyl/N-ethyl adjacent to an activating group) is 1. The van der Waals surface area contributed by atoms with E-state index < -0.39 is 0 Å². The van der Waals surface area contributed by atoms with E-state index in [1.165, 1.54) is 25.7 Å². The minimum Gasteiger partial charge on any atom is -0.497 e. The number of methoxy groups -OCH3 is 1. The first kappa shape index (κ1) is 17.2. The summed E-state index contributed by atoms with van der Waals surface area (Å²) in [5.41, 5.74) is 0.699. The van der Waals surface area contributed by atoms with Crippen LogP contribution in [0.5, 0.6) is 5.75 Å². The lowest BCUT2D eigenvalue weighted by Gasteiger charge is -2.42. The number of amides is 1. The third-order valence-corrected chi connectivity index (χ3v) is 5.48. The van der Waals surface area contributed by atoms with Crippen LogP contribution in [-0.2, 0) is 0 Å². The molecule has 2 aliphatic rings. The number of ether oxygens (including phenoxy) is 1. The molecule has 1 aromatic carbocycles. The first-order valence-corrected chi connectivity index (χ1v) is 8.90. The third-order valence-electron chi connectivity index (χ3n) is 5.48. The number of carbonyl (C=O) groups excluding carboxylic acids is 1. The predicted octanol–water partition coefficient (Wildman–Crippen LogP) is 2.00. The number of nitrogens with zero attached hydrogens (tertiary/aromatic N) is 2. The Bertz CT molecular complexity index is 548. The van der Waals surface area contributed by atoms with Crippen molar-refractivity contribution in [1.29, 1.82) is 0 Å². The number of likely N-dealkylation sites (tertiary alicyclic amines) is 1. The number of aliphatic hydroxyl groups is 1. The molecule has 1 saturated heterocycles. The fraction of sp³-hybridized carbons (Fsp3) is 0.632. The van der Waals surface area contributed by atoms with Crippen LogP contribution in [0.15, 0.2) is 24.3 Å². The summed E-state index contributed by atoms with van der Waals surface area (Å²) in [6.07, 6.45) is 4.71. The van der Waals surface area contributed by atoms with Gasteiger partial charge in [-0.3, -0.25) is 9.69 Å². The molecule has 1 amide bonds. The number of aliphatic hydroxyl groups excluding tert-OH is 1. The molecule has 1 aliphatic heterocycles. The Kier molecular flexibility index (Phi) is 5.41. The molecule has 1 aliphatic carbocycles. The van der Waals surface area contributed by atoms with Gasteiger partial charge in [0.15, 0.2) is 0 Å². The molecule has 1 heterocycles. The maximum absolute atomic E-state index is 12.9. The van der Waals surface area contributed by atoms with Gasteiger partial charge in [-0.1, -0.05) is 12.8 Å². The van der Waals surface area contributed by atoms with Crippen LogP contribution in [0, 0.1) is 5.92 Å². The molecule has 0 spiro atoms. The minimum atomic E-state index is -0.197. The number of hydrogen-bond donors (Lipinski definition) is 1. The van der Waals surface area contributed by atoms with Crippen molar-refractivity contribution in [3.63, 3.8) is 0 Å². The molecule has 1 saturated carbocycles. The number of benzene rings is 1. The van der Waals surface area contributed by atoms with Crippen molar-refractivity contribution in [3.05, 3.63) is 29.8 Å². The van der Waals surface area contributed by atoms with Crippen LogP contribution in [0.3, 0.4) is 0 Å². The van der Waals surface area contributed by atoms with Crippen molar-refractivity contribution in [2.75, 3.05) is 33.8 Å². The molecule has 5 heteroatoms. The molecule has 0 bridgehead atoms. The number of hydrogen-bond acceptors (Lipinski definition) is 4. The van der Waals surface area contributed by atoms with Gasteiger partial charge in [-0.25, -0.2) is 0 Å². The Morgan fingerprint density at radius 2 is 1.92 bits per heavy atom. The van der Waals surface area contributed by atoms with E-state index in [0.29, 0.717) is 11.5 Å². The maximum Gasteiger partial charge on any atom is 0.253 e. The van der Waals surface area contributed by atoms with E-state index in [1.807, 2.05) is 36.2 Å². The number of carbonyl (C=O) groups is 1. The minimum absolute atomic E-state index is 0.0654. The molecule has 0 radical (unpaired) electrons. The summed E-state index contributed by atoms with van der Waals surface area (Å²) in [4.78, 5) is 17.1. The second-order valence-electron chi connectivity index (χ2n) is 7.13. The van der Waals surface area contributed by atoms with Crippen LogP contribution in [0.25, 0.3) is 0 Å². The molecule has 132 valence electrons. The smallest absolute Gasteiger partial charge is 0.253 e. The quantitative estimate of drug-likeness (QED) is 0.866. The van der Waals surface area contributed by atoms with Gasteiger partial charge in [-0.2, -0.15) is 0 Å². The van der Waals surface area contributed by atoms with Gasteiger partial charge in [0.2, 0.25) is 0 Å². The first-order valence-electron chi connectivity index (χ1n) is 8.90. The van der Waals surface area contributed by atoms with E-state index in [4.69, 9.17) is 4.74 Å². The monoisotopic (exact) mass is 332 g/mol. The summed E-state index contributed by atoms with van der Waals surface area (Å²) < 4.78 is 5.17. The zero-order valence-electron chi connectivity index (χ0n) is 14.6. The summed E-state index contributed by atoms with van der Waals surface area (Å²) >= 11 is 0. The molecule has 0 aromatic heterocycles. The van der Waals surface area contributed by atoms with Gasteiger partial charge < -0.3 is 14.7 Å². The van der Waals surface area contributed by atoms with Gasteiger partial charge in [0, 0.05) is 38.3 Å². The Balaban J connectivity index is 1.70. The topological polar surface area (TPSA) is 53.0 Å². The van der Waals surface area contributed by atoms with Crippen molar-refractivity contribution in [1.82, 2.24) is 9.80 Å². The van der Waals surface area contributed by atoms with Gasteiger partial charge in [0.1, 0.15) is 5.75 Å². The summed E-state index contributed by atoms with van der Waals surface area (Å²) in [5.74, 6) is 1.39. The van der Waals surface area contributed by atoms with Crippen molar-refractivity contribution in [2.24, 2.45) is 5.92 Å². The maximum atomic E-state index is 12.9. The lowest BCUT2D eigenvalue weighted by atomic mass is 9.94. The lowest BCUT2D eigenvalue weighted by molar-refractivity contribution is -0.0166. The molecule has 1 aromatic rings. The molecule has 1 atom stereocenters. The van der Waals surface area contributed by atoms with Crippen LogP contribution < -0.4 is 4.74 Å². The fourth-order valence-electron chi connectivity index (χ4n) is 3.97. The normalized spacial score (nSPS) is 20.6. The van der Waals surface area contributed by atoms with Gasteiger partial charge in [-0.15, -0.1) is 0 Å². The molecule has 3 rings (SSSR count). The lowest BCUT2D eigenvalue weighted by Crippen LogP contribution is -2.57. The van der Waals surface area contributed by atoms with Gasteiger partial charge >= 0.3 is 0 Å². The van der Waals surface area contributed by atoms with Crippen LogP contribution in [0.4, 0.5) is 0 Å². The summed E-state index contributed by atoms with van der Waals surface area (Å²) in [6, 6.07) is 7.54. The van der Waals surface area contributed by atoms with Gasteiger partial charge in [0.05, 0.1) is 13.2 Å². The van der Waals surface area contributed by atoms with Gasteiger partial charge in [0.25, 0.3) is 5.91 Å². The molecular weight excluding hydrogens is 304 g/mol. The van der Waals surface area contributed by atoms with Crippen molar-refractivity contribution >= 4 is 5.91 Å². The number of β-amino-alcohol motifs (C(OH)–C–C–N with tert-alkyl or cyclic N) is 1. The van der Waals surface area contributed by atoms with Crippen molar-refractivity contribution in [2.45, 2.75) is 37.8 Å². The highest BCUT2D eigenvalue weighted by molar-refractivity contribution is 5.94. The zero-order valence-corrected chi connectivity index (χ0v) is 14.6. The zero-order chi connectivity index (χ0) is 17.1. The number of rotatable bonds is 6. The Morgan fingerprint density at radius 3 is 2.46 bits per heavy atom. The average molecular weight is 332 g/mol. The molecule has 0 unspecified atom stereocenters. The second-order valence-corrected chi connectivity index (χ2v) is 7.13. The fourth-order valence-corrected chi connectivity index (χ4v) is 3.97. The molecular formula is C19H28N2O3. The van der Waals surface area contributed by atoms with E-state index in [-0.39, 0.29) is 18.1 Å². The standard InChI is InChI=1S/C19H28N2O3/c1-20(19(23)15-7-9-17(24-2)10-8-15)18(14-5-3-4-6-14)13-21-11-16(22)12-21/h7-10,14,16,18,22H,3-6,11-13H2,1-2H3/t18-/m1/s1. The third kappa shape index (κ3) is 3.73. The van der Waals surface area contributed by atoms with Crippen LogP contribution in [0.1, 0.15) is 36.0 Å². The van der Waals surface area contributed by atoms with Crippen LogP contribution >= 0.6 is 0 Å². The SMILES string of the molecule is COc1ccc(C(=O)N(C)[C@H](CN2CC(O)C2)C2CCCC2)cc1. The summed E-state index contributed by atoms with van der Waals surface area (Å²) in [6.45, 7) is 2.32. The highest BCUT2D eigenvalue weighted by Crippen LogP contribution is 2.31. The van der Waals surface area contributed by atoms with Crippen molar-refractivity contribution < 1.29 is 14.6 Å². The second kappa shape index (κ2) is 7.53. The largest absolute Gasteiger partial charge is 0.497 e. The predicted molar refractivity (Wildman–Crippen MR) is 93.3 cm³/mol. The highest BCUT2D eigenvalue weighted by atomic mass is 16.5. The molecule has 2 fully saturated rings. The summed E-state index contributed by atoms with van der Waals surface area (Å²) in [7, 11) is 3.55. The first-order chi connectivity index (χ1) is 11.6. The van der Waals surface area contributed by atoms with Crippen LogP contribution in [0.2, 0.25) is 0 Å². The van der Waals surface area contributed by atoms with E-state index in [0.717, 1.165) is 25.4 Å². The van der Waals surface area contributed by atoms with Crippen LogP contribution in [-0.4, -0.2) is 66.8 Å². The Labute approximate surface area is 144 Å². The van der Waals surface area contributed by atoms with E-state index in [1.54, 1.807) is 7.11 Å². The highest BCUT2D eigenvalue weighted by Gasteiger charge is 2.35. The molecule has 1 N–H and O–H groups in total. The van der Waals surface area contributed by atoms with E-state index in [9.17, 15) is 9.90 Å². The van der Waals surface area contributed by atoms with Gasteiger partial charge in [-0.05, 0) is 43.0 Å². The summed E-state index contributed by atoms with van der Waals surface area (Å²) in [5, 5.41) is 9.54. The average Bonchev–Trinajstić information content (AvgIpc) is 3.10. The molecule has 5 nitrogen and oxygen atoms in total. The van der Waals surface area contributed by atoms with E-state index >= 15 is 0 Å². The van der Waals surface area contributed by atoms with E-state index in [2.05, 4.69) is 4.90 Å². The Morgan fingerprint density at radius 1 is 1.29 bits per heavy atom.